The second-order valence-electron chi connectivity index (χ2n) is 11.0. The summed E-state index contributed by atoms with van der Waals surface area (Å²) in [5.74, 6) is 0.853. The van der Waals surface area contributed by atoms with Gasteiger partial charge in [-0.05, 0) is 64.0 Å². The van der Waals surface area contributed by atoms with Gasteiger partial charge in [0.05, 0.1) is 22.1 Å². The average Bonchev–Trinajstić information content (AvgIpc) is 3.30. The van der Waals surface area contributed by atoms with E-state index in [0.717, 1.165) is 39.1 Å². The standard InChI is InChI=1S/C38H21N3S/c1-2-8-25-21-26(16-15-22(25)7-1)37-38(40-28-12-4-3-11-27(28)39-37)41-29-19-17-23-9-5-13-31-33(23)35(29)36-30(41)20-18-24-10-6-14-32(42-31)34(24)36/h1-21H. The van der Waals surface area contributed by atoms with Gasteiger partial charge in [-0.1, -0.05) is 84.9 Å². The van der Waals surface area contributed by atoms with Crippen LogP contribution in [0.4, 0.5) is 0 Å². The Bertz CT molecular complexity index is 2590. The first-order valence-electron chi connectivity index (χ1n) is 14.2. The van der Waals surface area contributed by atoms with E-state index in [0.29, 0.717) is 0 Å². The minimum atomic E-state index is 0.853. The number of nitrogens with zero attached hydrogens (tertiary/aromatic N) is 3. The lowest BCUT2D eigenvalue weighted by atomic mass is 10.00. The maximum atomic E-state index is 5.37. The van der Waals surface area contributed by atoms with Gasteiger partial charge in [0.25, 0.3) is 0 Å². The lowest BCUT2D eigenvalue weighted by Gasteiger charge is -2.14. The largest absolute Gasteiger partial charge is 0.292 e. The Morgan fingerprint density at radius 2 is 1.02 bits per heavy atom. The molecule has 0 atom stereocenters. The molecule has 0 amide bonds. The van der Waals surface area contributed by atoms with Crippen molar-refractivity contribution in [1.82, 2.24) is 14.5 Å². The van der Waals surface area contributed by atoms with E-state index < -0.39 is 0 Å². The highest BCUT2D eigenvalue weighted by atomic mass is 32.1. The highest BCUT2D eigenvalue weighted by Gasteiger charge is 2.23. The zero-order chi connectivity index (χ0) is 27.4. The van der Waals surface area contributed by atoms with Crippen molar-refractivity contribution in [2.45, 2.75) is 0 Å². The molecule has 3 nitrogen and oxygen atoms in total. The van der Waals surface area contributed by atoms with Gasteiger partial charge in [-0.15, -0.1) is 11.3 Å². The van der Waals surface area contributed by atoms with Gasteiger partial charge in [0.1, 0.15) is 5.69 Å². The van der Waals surface area contributed by atoms with Crippen LogP contribution in [-0.4, -0.2) is 14.5 Å². The highest BCUT2D eigenvalue weighted by Crippen LogP contribution is 2.46. The molecule has 0 fully saturated rings. The van der Waals surface area contributed by atoms with Gasteiger partial charge in [-0.2, -0.15) is 0 Å². The minimum Gasteiger partial charge on any atom is -0.292 e. The molecule has 0 saturated carbocycles. The summed E-state index contributed by atoms with van der Waals surface area (Å²) in [6.07, 6.45) is 0. The van der Waals surface area contributed by atoms with Crippen LogP contribution in [0.2, 0.25) is 0 Å². The monoisotopic (exact) mass is 551 g/mol. The van der Waals surface area contributed by atoms with Crippen molar-refractivity contribution >= 4 is 85.9 Å². The van der Waals surface area contributed by atoms with Crippen molar-refractivity contribution in [2.24, 2.45) is 0 Å². The third-order valence-electron chi connectivity index (χ3n) is 8.71. The van der Waals surface area contributed by atoms with E-state index in [1.165, 1.54) is 52.5 Å². The van der Waals surface area contributed by atoms with Crippen molar-refractivity contribution in [2.75, 3.05) is 0 Å². The summed E-state index contributed by atoms with van der Waals surface area (Å²) in [7, 11) is 0. The molecule has 0 unspecified atom stereocenters. The van der Waals surface area contributed by atoms with Crippen LogP contribution in [0.3, 0.4) is 0 Å². The van der Waals surface area contributed by atoms with E-state index in [1.807, 2.05) is 23.5 Å². The fourth-order valence-corrected chi connectivity index (χ4v) is 8.05. The summed E-state index contributed by atoms with van der Waals surface area (Å²) in [6, 6.07) is 45.7. The number of hydrogen-bond donors (Lipinski definition) is 0. The fraction of sp³-hybridized carbons (Fsp3) is 0. The van der Waals surface area contributed by atoms with Crippen molar-refractivity contribution in [1.29, 1.82) is 0 Å². The van der Waals surface area contributed by atoms with Gasteiger partial charge in [0.15, 0.2) is 5.82 Å². The molecule has 10 rings (SSSR count). The minimum absolute atomic E-state index is 0.853. The summed E-state index contributed by atoms with van der Waals surface area (Å²) in [5, 5.41) is 10.1. The van der Waals surface area contributed by atoms with E-state index >= 15 is 0 Å². The van der Waals surface area contributed by atoms with Gasteiger partial charge >= 0.3 is 0 Å². The van der Waals surface area contributed by atoms with Crippen molar-refractivity contribution in [3.63, 3.8) is 0 Å². The predicted octanol–water partition coefficient (Wildman–Crippen LogP) is 10.5. The Labute approximate surface area is 244 Å². The third-order valence-corrected chi connectivity index (χ3v) is 9.83. The Morgan fingerprint density at radius 1 is 0.452 bits per heavy atom. The lowest BCUT2D eigenvalue weighted by Crippen LogP contribution is -2.03. The maximum Gasteiger partial charge on any atom is 0.165 e. The molecule has 42 heavy (non-hydrogen) atoms. The summed E-state index contributed by atoms with van der Waals surface area (Å²) in [4.78, 5) is 10.7. The normalized spacial score (nSPS) is 12.3. The fourth-order valence-electron chi connectivity index (χ4n) is 6.87. The van der Waals surface area contributed by atoms with Crippen molar-refractivity contribution < 1.29 is 0 Å². The van der Waals surface area contributed by atoms with E-state index in [2.05, 4.69) is 120 Å². The number of fused-ring (bicyclic) bond motifs is 2. The van der Waals surface area contributed by atoms with Gasteiger partial charge in [-0.3, -0.25) is 4.57 Å². The quantitative estimate of drug-likeness (QED) is 0.214. The molecule has 0 N–H and O–H groups in total. The third kappa shape index (κ3) is 2.94. The molecule has 0 aliphatic carbocycles. The molecule has 0 radical (unpaired) electrons. The molecule has 7 aromatic carbocycles. The Balaban J connectivity index is 1.43. The molecule has 10 aromatic rings. The molecule has 3 heterocycles. The maximum absolute atomic E-state index is 5.37. The zero-order valence-corrected chi connectivity index (χ0v) is 23.2. The Kier molecular flexibility index (Phi) is 4.33. The summed E-state index contributed by atoms with van der Waals surface area (Å²) < 4.78 is 4.94. The lowest BCUT2D eigenvalue weighted by molar-refractivity contribution is 1.08. The number of hydrogen-bond acceptors (Lipinski definition) is 3. The van der Waals surface area contributed by atoms with E-state index in [4.69, 9.17) is 9.97 Å². The van der Waals surface area contributed by atoms with Crippen LogP contribution in [0.5, 0.6) is 0 Å². The Morgan fingerprint density at radius 3 is 1.71 bits per heavy atom. The van der Waals surface area contributed by atoms with Crippen molar-refractivity contribution in [3.05, 3.63) is 127 Å². The molecule has 194 valence electrons. The van der Waals surface area contributed by atoms with E-state index in [-0.39, 0.29) is 0 Å². The van der Waals surface area contributed by atoms with Gasteiger partial charge < -0.3 is 0 Å². The second-order valence-corrected chi connectivity index (χ2v) is 12.1. The zero-order valence-electron chi connectivity index (χ0n) is 22.4. The number of benzene rings is 7. The van der Waals surface area contributed by atoms with Crippen LogP contribution in [0.25, 0.3) is 91.6 Å². The molecule has 0 spiro atoms. The van der Waals surface area contributed by atoms with Crippen LogP contribution in [0.15, 0.2) is 127 Å². The number of aromatic nitrogens is 3. The van der Waals surface area contributed by atoms with Gasteiger partial charge in [-0.25, -0.2) is 9.97 Å². The predicted molar refractivity (Wildman–Crippen MR) is 178 cm³/mol. The molecule has 4 heteroatoms. The van der Waals surface area contributed by atoms with Crippen LogP contribution in [0.1, 0.15) is 0 Å². The molecule has 0 aliphatic rings. The number of para-hydroxylation sites is 2. The topological polar surface area (TPSA) is 30.7 Å². The van der Waals surface area contributed by atoms with Crippen LogP contribution in [-0.2, 0) is 0 Å². The Hall–Kier alpha value is -5.32. The van der Waals surface area contributed by atoms with Crippen LogP contribution < -0.4 is 0 Å². The molecular weight excluding hydrogens is 531 g/mol. The van der Waals surface area contributed by atoms with E-state index in [1.54, 1.807) is 0 Å². The SMILES string of the molecule is c1ccc2cc(-c3nc4ccccc4nc3-n3c4ccc5cccc6sc7cccc8ccc3c(c87)c4c56)ccc2c1. The first-order valence-corrected chi connectivity index (χ1v) is 15.0. The average molecular weight is 552 g/mol. The van der Waals surface area contributed by atoms with E-state index in [9.17, 15) is 0 Å². The van der Waals surface area contributed by atoms with Gasteiger partial charge in [0, 0.05) is 36.5 Å². The van der Waals surface area contributed by atoms with Gasteiger partial charge in [0.2, 0.25) is 0 Å². The molecule has 3 aromatic heterocycles. The second kappa shape index (κ2) is 8.12. The number of rotatable bonds is 2. The molecule has 0 bridgehead atoms. The molecule has 0 aliphatic heterocycles. The molecule has 0 saturated heterocycles. The summed E-state index contributed by atoms with van der Waals surface area (Å²) in [5.41, 5.74) is 6.03. The first kappa shape index (κ1) is 22.4. The first-order chi connectivity index (χ1) is 20.8. The van der Waals surface area contributed by atoms with Crippen molar-refractivity contribution in [3.8, 4) is 17.1 Å². The summed E-state index contributed by atoms with van der Waals surface area (Å²) >= 11 is 1.88. The van der Waals surface area contributed by atoms with Crippen LogP contribution >= 0.6 is 11.3 Å². The van der Waals surface area contributed by atoms with Crippen LogP contribution in [0, 0.1) is 0 Å². The smallest absolute Gasteiger partial charge is 0.165 e. The highest BCUT2D eigenvalue weighted by molar-refractivity contribution is 7.24. The molecular formula is C38H21N3S. The summed E-state index contributed by atoms with van der Waals surface area (Å²) in [6.45, 7) is 0.